The number of halogens is 1. The number of anilines is 1. The minimum atomic E-state index is -0.385. The summed E-state index contributed by atoms with van der Waals surface area (Å²) in [6, 6.07) is 10.9. The van der Waals surface area contributed by atoms with Crippen molar-refractivity contribution in [2.45, 2.75) is 24.1 Å². The number of thioether (sulfide) groups is 1. The van der Waals surface area contributed by atoms with Gasteiger partial charge in [-0.3, -0.25) is 4.79 Å². The molecule has 0 aliphatic heterocycles. The molecule has 2 rings (SSSR count). The maximum absolute atomic E-state index is 11.5. The highest BCUT2D eigenvalue weighted by Gasteiger charge is 2.22. The van der Waals surface area contributed by atoms with Gasteiger partial charge in [0.15, 0.2) is 0 Å². The molecule has 1 aromatic heterocycles. The number of hydrogen-bond acceptors (Lipinski definition) is 6. The number of pyridine rings is 1. The Bertz CT molecular complexity index is 899. The van der Waals surface area contributed by atoms with Crippen molar-refractivity contribution in [3.05, 3.63) is 40.4 Å². The number of Topliss-reactive ketones (excluding diaryl/α,β-unsaturated/α-hetero) is 1. The van der Waals surface area contributed by atoms with Crippen molar-refractivity contribution in [2.24, 2.45) is 0 Å². The van der Waals surface area contributed by atoms with Crippen molar-refractivity contribution >= 4 is 35.0 Å². The zero-order chi connectivity index (χ0) is 17.9. The van der Waals surface area contributed by atoms with Gasteiger partial charge < -0.3 is 5.73 Å². The maximum Gasteiger partial charge on any atom is 0.143 e. The highest BCUT2D eigenvalue weighted by Crippen LogP contribution is 2.37. The van der Waals surface area contributed by atoms with Gasteiger partial charge in [-0.1, -0.05) is 35.5 Å². The smallest absolute Gasteiger partial charge is 0.143 e. The van der Waals surface area contributed by atoms with Crippen LogP contribution >= 0.6 is 23.4 Å². The van der Waals surface area contributed by atoms with Crippen molar-refractivity contribution in [1.82, 2.24) is 4.98 Å². The van der Waals surface area contributed by atoms with Crippen LogP contribution < -0.4 is 5.73 Å². The monoisotopic (exact) mass is 356 g/mol. The first-order chi connectivity index (χ1) is 11.4. The number of carbonyl (C=O) groups is 1. The molecule has 0 aliphatic rings. The van der Waals surface area contributed by atoms with E-state index in [-0.39, 0.29) is 28.0 Å². The van der Waals surface area contributed by atoms with Crippen molar-refractivity contribution < 1.29 is 4.79 Å². The number of nitrogens with two attached hydrogens (primary N) is 1. The second kappa shape index (κ2) is 7.35. The summed E-state index contributed by atoms with van der Waals surface area (Å²) < 4.78 is 0. The standard InChI is InChI=1S/C17H13ClN4OS/c1-9(23)10(2)24-17-14(8-20)15(13(7-19)16(21)22-17)11-4-3-5-12(18)6-11/h3-6,10H,1-2H3,(H2,21,22). The Labute approximate surface area is 149 Å². The van der Waals surface area contributed by atoms with Gasteiger partial charge in [-0.2, -0.15) is 10.5 Å². The molecular weight excluding hydrogens is 344 g/mol. The molecule has 0 amide bonds. The molecule has 120 valence electrons. The number of benzene rings is 1. The van der Waals surface area contributed by atoms with Crippen molar-refractivity contribution in [3.63, 3.8) is 0 Å². The summed E-state index contributed by atoms with van der Waals surface area (Å²) in [5, 5.41) is 19.5. The fraction of sp³-hybridized carbons (Fsp3) is 0.176. The molecule has 7 heteroatoms. The molecule has 5 nitrogen and oxygen atoms in total. The second-order valence-corrected chi connectivity index (χ2v) is 6.80. The average molecular weight is 357 g/mol. The number of ketones is 1. The molecule has 0 saturated heterocycles. The normalized spacial score (nSPS) is 11.4. The van der Waals surface area contributed by atoms with E-state index in [0.717, 1.165) is 11.8 Å². The molecule has 1 aromatic carbocycles. The van der Waals surface area contributed by atoms with Crippen LogP contribution in [0.2, 0.25) is 5.02 Å². The second-order valence-electron chi connectivity index (χ2n) is 5.03. The van der Waals surface area contributed by atoms with Gasteiger partial charge in [-0.25, -0.2) is 4.98 Å². The fourth-order valence-electron chi connectivity index (χ4n) is 2.07. The molecule has 1 unspecified atom stereocenters. The van der Waals surface area contributed by atoms with Crippen LogP contribution in [0.4, 0.5) is 5.82 Å². The van der Waals surface area contributed by atoms with Crippen LogP contribution in [0.15, 0.2) is 29.3 Å². The van der Waals surface area contributed by atoms with E-state index in [2.05, 4.69) is 11.1 Å². The Hall–Kier alpha value is -2.54. The van der Waals surface area contributed by atoms with E-state index >= 15 is 0 Å². The first-order valence-electron chi connectivity index (χ1n) is 6.95. The zero-order valence-electron chi connectivity index (χ0n) is 13.0. The third-order valence-electron chi connectivity index (χ3n) is 3.39. The van der Waals surface area contributed by atoms with Crippen molar-refractivity contribution in [1.29, 1.82) is 10.5 Å². The Morgan fingerprint density at radius 2 is 2.00 bits per heavy atom. The van der Waals surface area contributed by atoms with Crippen LogP contribution in [0.1, 0.15) is 25.0 Å². The van der Waals surface area contributed by atoms with E-state index in [1.165, 1.54) is 6.92 Å². The molecule has 0 aliphatic carbocycles. The van der Waals surface area contributed by atoms with E-state index in [1.54, 1.807) is 31.2 Å². The number of nitrogens with zero attached hydrogens (tertiary/aromatic N) is 3. The minimum Gasteiger partial charge on any atom is -0.383 e. The van der Waals surface area contributed by atoms with Crippen LogP contribution in [0.5, 0.6) is 0 Å². The maximum atomic E-state index is 11.5. The lowest BCUT2D eigenvalue weighted by Gasteiger charge is -2.14. The highest BCUT2D eigenvalue weighted by atomic mass is 35.5. The highest BCUT2D eigenvalue weighted by molar-refractivity contribution is 8.00. The Morgan fingerprint density at radius 1 is 1.33 bits per heavy atom. The van der Waals surface area contributed by atoms with Gasteiger partial charge in [-0.05, 0) is 31.5 Å². The zero-order valence-corrected chi connectivity index (χ0v) is 14.6. The van der Waals surface area contributed by atoms with Crippen molar-refractivity contribution in [2.75, 3.05) is 5.73 Å². The average Bonchev–Trinajstić information content (AvgIpc) is 2.54. The summed E-state index contributed by atoms with van der Waals surface area (Å²) in [6.07, 6.45) is 0. The number of nitrogen functional groups attached to an aromatic ring is 1. The van der Waals surface area contributed by atoms with Crippen molar-refractivity contribution in [3.8, 4) is 23.3 Å². The van der Waals surface area contributed by atoms with Crippen LogP contribution in [-0.2, 0) is 4.79 Å². The summed E-state index contributed by atoms with van der Waals surface area (Å²) >= 11 is 7.17. The van der Waals surface area contributed by atoms with Gasteiger partial charge in [0.05, 0.1) is 10.8 Å². The van der Waals surface area contributed by atoms with E-state index < -0.39 is 0 Å². The molecule has 2 N–H and O–H groups in total. The number of aromatic nitrogens is 1. The molecule has 1 atom stereocenters. The first-order valence-corrected chi connectivity index (χ1v) is 8.21. The van der Waals surface area contributed by atoms with E-state index in [1.807, 2.05) is 6.07 Å². The Morgan fingerprint density at radius 3 is 2.54 bits per heavy atom. The summed E-state index contributed by atoms with van der Waals surface area (Å²) in [4.78, 5) is 15.7. The topological polar surface area (TPSA) is 104 Å². The lowest BCUT2D eigenvalue weighted by molar-refractivity contribution is -0.116. The molecule has 24 heavy (non-hydrogen) atoms. The van der Waals surface area contributed by atoms with Gasteiger partial charge in [0.25, 0.3) is 0 Å². The predicted molar refractivity (Wildman–Crippen MR) is 94.5 cm³/mol. The Kier molecular flexibility index (Phi) is 5.46. The fourth-order valence-corrected chi connectivity index (χ4v) is 3.17. The molecule has 1 heterocycles. The van der Waals surface area contributed by atoms with Crippen LogP contribution in [-0.4, -0.2) is 16.0 Å². The summed E-state index contributed by atoms with van der Waals surface area (Å²) in [6.45, 7) is 3.19. The van der Waals surface area contributed by atoms with Gasteiger partial charge in [0, 0.05) is 10.6 Å². The first kappa shape index (κ1) is 17.8. The molecule has 0 radical (unpaired) electrons. The molecule has 2 aromatic rings. The quantitative estimate of drug-likeness (QED) is 0.835. The van der Waals surface area contributed by atoms with Gasteiger partial charge in [0.1, 0.15) is 34.3 Å². The van der Waals surface area contributed by atoms with E-state index in [9.17, 15) is 15.3 Å². The van der Waals surface area contributed by atoms with Gasteiger partial charge in [0.2, 0.25) is 0 Å². The summed E-state index contributed by atoms with van der Waals surface area (Å²) in [5.74, 6) is -0.0253. The van der Waals surface area contributed by atoms with E-state index in [0.29, 0.717) is 21.2 Å². The molecule has 0 spiro atoms. The lowest BCUT2D eigenvalue weighted by Crippen LogP contribution is -2.10. The number of carbonyl (C=O) groups excluding carboxylic acids is 1. The van der Waals surface area contributed by atoms with Gasteiger partial charge in [-0.15, -0.1) is 0 Å². The molecular formula is C17H13ClN4OS. The summed E-state index contributed by atoms with van der Waals surface area (Å²) in [5.41, 5.74) is 7.22. The molecule has 0 fully saturated rings. The SMILES string of the molecule is CC(=O)C(C)Sc1nc(N)c(C#N)c(-c2cccc(Cl)c2)c1C#N. The lowest BCUT2D eigenvalue weighted by atomic mass is 9.97. The van der Waals surface area contributed by atoms with Crippen LogP contribution in [0.25, 0.3) is 11.1 Å². The minimum absolute atomic E-state index is 0.0183. The molecule has 0 saturated carbocycles. The number of hydrogen-bond donors (Lipinski definition) is 1. The number of rotatable bonds is 4. The third-order valence-corrected chi connectivity index (χ3v) is 4.83. The summed E-state index contributed by atoms with van der Waals surface area (Å²) in [7, 11) is 0. The van der Waals surface area contributed by atoms with Gasteiger partial charge >= 0.3 is 0 Å². The molecule has 0 bridgehead atoms. The van der Waals surface area contributed by atoms with E-state index in [4.69, 9.17) is 17.3 Å². The van der Waals surface area contributed by atoms with Crippen LogP contribution in [0.3, 0.4) is 0 Å². The number of nitriles is 2. The third kappa shape index (κ3) is 3.51. The largest absolute Gasteiger partial charge is 0.383 e. The predicted octanol–water partition coefficient (Wildman–Crippen LogP) is 3.80. The Balaban J connectivity index is 2.77. The van der Waals surface area contributed by atoms with Crippen LogP contribution in [0, 0.1) is 22.7 Å².